The second kappa shape index (κ2) is 3.92. The topological polar surface area (TPSA) is 66.8 Å². The second-order valence-electron chi connectivity index (χ2n) is 4.36. The fraction of sp³-hybridized carbons (Fsp3) is 0.600. The maximum atomic E-state index is 11.6. The van der Waals surface area contributed by atoms with Crippen LogP contribution in [0.1, 0.15) is 27.2 Å². The first kappa shape index (κ1) is 11.6. The van der Waals surface area contributed by atoms with E-state index in [9.17, 15) is 9.59 Å². The van der Waals surface area contributed by atoms with E-state index >= 15 is 0 Å². The van der Waals surface area contributed by atoms with Crippen LogP contribution in [-0.2, 0) is 9.53 Å². The normalized spacial score (nSPS) is 20.5. The molecule has 1 N–H and O–H groups in total. The molecule has 0 aromatic carbocycles. The minimum Gasteiger partial charge on any atom is -0.480 e. The van der Waals surface area contributed by atoms with Crippen LogP contribution in [0.15, 0.2) is 12.3 Å². The Hall–Kier alpha value is -1.52. The van der Waals surface area contributed by atoms with Crippen molar-refractivity contribution in [3.05, 3.63) is 12.3 Å². The Balaban J connectivity index is 2.67. The van der Waals surface area contributed by atoms with Gasteiger partial charge in [-0.2, -0.15) is 0 Å². The molecule has 0 radical (unpaired) electrons. The van der Waals surface area contributed by atoms with Gasteiger partial charge in [0.1, 0.15) is 11.6 Å². The van der Waals surface area contributed by atoms with Gasteiger partial charge in [0.15, 0.2) is 0 Å². The average molecular weight is 213 g/mol. The minimum absolute atomic E-state index is 0.328. The third kappa shape index (κ3) is 2.97. The summed E-state index contributed by atoms with van der Waals surface area (Å²) in [7, 11) is 0. The van der Waals surface area contributed by atoms with E-state index in [2.05, 4.69) is 0 Å². The fourth-order valence-corrected chi connectivity index (χ4v) is 1.24. The molecule has 0 aliphatic carbocycles. The predicted octanol–water partition coefficient (Wildman–Crippen LogP) is 1.59. The van der Waals surface area contributed by atoms with Crippen LogP contribution in [0.2, 0.25) is 0 Å². The fourth-order valence-electron chi connectivity index (χ4n) is 1.24. The molecule has 0 bridgehead atoms. The van der Waals surface area contributed by atoms with E-state index in [0.29, 0.717) is 6.42 Å². The highest BCUT2D eigenvalue weighted by Gasteiger charge is 2.33. The van der Waals surface area contributed by atoms with E-state index < -0.39 is 23.7 Å². The van der Waals surface area contributed by atoms with Crippen molar-refractivity contribution >= 4 is 12.1 Å². The zero-order chi connectivity index (χ0) is 11.6. The van der Waals surface area contributed by atoms with Crippen LogP contribution in [0.25, 0.3) is 0 Å². The lowest BCUT2D eigenvalue weighted by atomic mass is 10.2. The highest BCUT2D eigenvalue weighted by Crippen LogP contribution is 2.18. The Morgan fingerprint density at radius 2 is 2.07 bits per heavy atom. The van der Waals surface area contributed by atoms with E-state index in [4.69, 9.17) is 9.84 Å². The largest absolute Gasteiger partial charge is 0.480 e. The van der Waals surface area contributed by atoms with E-state index in [0.717, 1.165) is 4.90 Å². The molecular formula is C10H15NO4. The van der Waals surface area contributed by atoms with Crippen molar-refractivity contribution in [2.45, 2.75) is 38.8 Å². The molecule has 84 valence electrons. The number of carboxylic acid groups (broad SMARTS) is 1. The van der Waals surface area contributed by atoms with E-state index in [1.54, 1.807) is 26.8 Å². The molecule has 1 amide bonds. The highest BCUT2D eigenvalue weighted by atomic mass is 16.6. The van der Waals surface area contributed by atoms with Crippen LogP contribution < -0.4 is 0 Å². The summed E-state index contributed by atoms with van der Waals surface area (Å²) < 4.78 is 5.07. The Labute approximate surface area is 88.3 Å². The SMILES string of the molecule is CC(C)(C)OC(=O)N1C=CC[C@@H]1C(=O)O. The first-order chi connectivity index (χ1) is 6.81. The van der Waals surface area contributed by atoms with Crippen molar-refractivity contribution < 1.29 is 19.4 Å². The third-order valence-corrected chi connectivity index (χ3v) is 1.85. The maximum Gasteiger partial charge on any atom is 0.415 e. The van der Waals surface area contributed by atoms with Crippen LogP contribution in [0.3, 0.4) is 0 Å². The quantitative estimate of drug-likeness (QED) is 0.718. The van der Waals surface area contributed by atoms with Crippen LogP contribution in [0.4, 0.5) is 4.79 Å². The van der Waals surface area contributed by atoms with Crippen molar-refractivity contribution in [3.63, 3.8) is 0 Å². The monoisotopic (exact) mass is 213 g/mol. The molecule has 15 heavy (non-hydrogen) atoms. The van der Waals surface area contributed by atoms with Gasteiger partial charge in [0, 0.05) is 6.20 Å². The van der Waals surface area contributed by atoms with Crippen LogP contribution in [-0.4, -0.2) is 33.7 Å². The van der Waals surface area contributed by atoms with Gasteiger partial charge in [-0.1, -0.05) is 6.08 Å². The van der Waals surface area contributed by atoms with Crippen molar-refractivity contribution in [1.29, 1.82) is 0 Å². The molecule has 1 atom stereocenters. The second-order valence-corrected chi connectivity index (χ2v) is 4.36. The van der Waals surface area contributed by atoms with Gasteiger partial charge in [-0.25, -0.2) is 9.59 Å². The molecule has 1 heterocycles. The molecule has 0 fully saturated rings. The summed E-state index contributed by atoms with van der Waals surface area (Å²) in [5.41, 5.74) is -0.615. The maximum absolute atomic E-state index is 11.6. The average Bonchev–Trinajstić information content (AvgIpc) is 2.47. The molecule has 1 aliphatic heterocycles. The lowest BCUT2D eigenvalue weighted by Gasteiger charge is -2.25. The Bertz CT molecular complexity index is 303. The zero-order valence-corrected chi connectivity index (χ0v) is 9.06. The third-order valence-electron chi connectivity index (χ3n) is 1.85. The molecule has 1 rings (SSSR count). The summed E-state index contributed by atoms with van der Waals surface area (Å²) in [6.07, 6.45) is 2.80. The Morgan fingerprint density at radius 3 is 2.53 bits per heavy atom. The van der Waals surface area contributed by atoms with Crippen LogP contribution in [0.5, 0.6) is 0 Å². The lowest BCUT2D eigenvalue weighted by Crippen LogP contribution is -2.41. The van der Waals surface area contributed by atoms with Gasteiger partial charge in [-0.3, -0.25) is 4.90 Å². The van der Waals surface area contributed by atoms with Gasteiger partial charge < -0.3 is 9.84 Å². The first-order valence-corrected chi connectivity index (χ1v) is 4.72. The number of carbonyl (C=O) groups excluding carboxylic acids is 1. The predicted molar refractivity (Wildman–Crippen MR) is 53.3 cm³/mol. The van der Waals surface area contributed by atoms with E-state index in [1.807, 2.05) is 0 Å². The van der Waals surface area contributed by atoms with Gasteiger partial charge in [-0.15, -0.1) is 0 Å². The highest BCUT2D eigenvalue weighted by molar-refractivity contribution is 5.82. The molecule has 0 aromatic heterocycles. The molecule has 5 heteroatoms. The summed E-state index contributed by atoms with van der Waals surface area (Å²) in [4.78, 5) is 23.5. The molecule has 0 saturated heterocycles. The molecule has 1 aliphatic rings. The number of carbonyl (C=O) groups is 2. The van der Waals surface area contributed by atoms with Crippen molar-refractivity contribution in [3.8, 4) is 0 Å². The van der Waals surface area contributed by atoms with Gasteiger partial charge in [0.05, 0.1) is 0 Å². The number of rotatable bonds is 1. The molecular weight excluding hydrogens is 198 g/mol. The van der Waals surface area contributed by atoms with Crippen molar-refractivity contribution in [1.82, 2.24) is 4.90 Å². The number of hydrogen-bond donors (Lipinski definition) is 1. The minimum atomic E-state index is -1.02. The molecule has 0 unspecified atom stereocenters. The van der Waals surface area contributed by atoms with Gasteiger partial charge in [0.2, 0.25) is 0 Å². The Morgan fingerprint density at radius 1 is 1.47 bits per heavy atom. The zero-order valence-electron chi connectivity index (χ0n) is 9.06. The molecule has 0 saturated carbocycles. The van der Waals surface area contributed by atoms with Gasteiger partial charge >= 0.3 is 12.1 Å². The summed E-state index contributed by atoms with van der Waals surface area (Å²) in [6, 6.07) is -0.833. The van der Waals surface area contributed by atoms with Crippen LogP contribution >= 0.6 is 0 Å². The Kier molecular flexibility index (Phi) is 3.02. The molecule has 0 aromatic rings. The van der Waals surface area contributed by atoms with Crippen molar-refractivity contribution in [2.75, 3.05) is 0 Å². The van der Waals surface area contributed by atoms with Gasteiger partial charge in [-0.05, 0) is 27.2 Å². The van der Waals surface area contributed by atoms with Crippen molar-refractivity contribution in [2.24, 2.45) is 0 Å². The number of nitrogens with zero attached hydrogens (tertiary/aromatic N) is 1. The van der Waals surface area contributed by atoms with Crippen LogP contribution in [0, 0.1) is 0 Å². The first-order valence-electron chi connectivity index (χ1n) is 4.72. The number of hydrogen-bond acceptors (Lipinski definition) is 3. The summed E-state index contributed by atoms with van der Waals surface area (Å²) in [6.45, 7) is 5.21. The number of carboxylic acids is 1. The standard InChI is InChI=1S/C10H15NO4/c1-10(2,3)15-9(14)11-6-4-5-7(11)8(12)13/h4,6-7H,5H2,1-3H3,(H,12,13)/t7-/m1/s1. The summed E-state index contributed by atoms with van der Waals surface area (Å²) >= 11 is 0. The summed E-state index contributed by atoms with van der Waals surface area (Å²) in [5, 5.41) is 8.84. The number of aliphatic carboxylic acids is 1. The van der Waals surface area contributed by atoms with Gasteiger partial charge in [0.25, 0.3) is 0 Å². The number of amides is 1. The molecule has 0 spiro atoms. The molecule has 5 nitrogen and oxygen atoms in total. The van der Waals surface area contributed by atoms with E-state index in [1.165, 1.54) is 6.20 Å². The summed E-state index contributed by atoms with van der Waals surface area (Å²) in [5.74, 6) is -1.02. The number of ether oxygens (including phenoxy) is 1. The van der Waals surface area contributed by atoms with E-state index in [-0.39, 0.29) is 0 Å². The smallest absolute Gasteiger partial charge is 0.415 e. The lowest BCUT2D eigenvalue weighted by molar-refractivity contribution is -0.141.